The van der Waals surface area contributed by atoms with Crippen LogP contribution < -0.4 is 0 Å². The van der Waals surface area contributed by atoms with Crippen LogP contribution in [-0.2, 0) is 0 Å². The van der Waals surface area contributed by atoms with E-state index in [0.717, 1.165) is 12.3 Å². The van der Waals surface area contributed by atoms with Crippen molar-refractivity contribution in [2.24, 2.45) is 11.8 Å². The molecule has 0 saturated heterocycles. The molecule has 0 spiro atoms. The molecule has 1 aliphatic rings. The molecule has 1 aliphatic carbocycles. The van der Waals surface area contributed by atoms with E-state index >= 15 is 0 Å². The standard InChI is InChI=1S/C20H30S2/c1-5-9-19(10-6-2)21-15-18(4)16-22-20-12-8-7-11-17(3)13-14-20/h5,7-14,17-18,20H,6,15-16H2,1-4H3/b9-5-,11-7-,12-8?,14-13-,19-10?. The largest absolute Gasteiger partial charge is 0.150 e. The van der Waals surface area contributed by atoms with E-state index in [0.29, 0.717) is 11.2 Å². The Labute approximate surface area is 145 Å². The van der Waals surface area contributed by atoms with Crippen LogP contribution in [0.25, 0.3) is 0 Å². The molecule has 0 radical (unpaired) electrons. The first-order chi connectivity index (χ1) is 10.7. The van der Waals surface area contributed by atoms with Gasteiger partial charge in [0.15, 0.2) is 0 Å². The van der Waals surface area contributed by atoms with Gasteiger partial charge in [-0.2, -0.15) is 0 Å². The fourth-order valence-corrected chi connectivity index (χ4v) is 4.37. The summed E-state index contributed by atoms with van der Waals surface area (Å²) < 4.78 is 0. The molecule has 0 N–H and O–H groups in total. The molecule has 1 rings (SSSR count). The average Bonchev–Trinajstić information content (AvgIpc) is 2.48. The van der Waals surface area contributed by atoms with Crippen LogP contribution in [0.1, 0.15) is 34.1 Å². The van der Waals surface area contributed by atoms with Gasteiger partial charge in [-0.3, -0.25) is 0 Å². The van der Waals surface area contributed by atoms with Crippen LogP contribution in [0.3, 0.4) is 0 Å². The van der Waals surface area contributed by atoms with Crippen molar-refractivity contribution in [1.29, 1.82) is 0 Å². The maximum Gasteiger partial charge on any atom is 0.0410 e. The SMILES string of the molecule is C/C=C\C(=CCC)SCC(C)CSC1C=C/C=C\C(C)/C=C\1. The van der Waals surface area contributed by atoms with Crippen LogP contribution in [0.15, 0.2) is 59.6 Å². The van der Waals surface area contributed by atoms with Crippen LogP contribution in [0, 0.1) is 11.8 Å². The Morgan fingerprint density at radius 2 is 1.91 bits per heavy atom. The van der Waals surface area contributed by atoms with Crippen molar-refractivity contribution < 1.29 is 0 Å². The molecule has 22 heavy (non-hydrogen) atoms. The quantitative estimate of drug-likeness (QED) is 0.360. The molecule has 0 amide bonds. The third-order valence-corrected chi connectivity index (χ3v) is 6.11. The first kappa shape index (κ1) is 19.4. The monoisotopic (exact) mass is 334 g/mol. The van der Waals surface area contributed by atoms with E-state index in [1.54, 1.807) is 0 Å². The second-order valence-electron chi connectivity index (χ2n) is 5.74. The lowest BCUT2D eigenvalue weighted by atomic mass is 10.1. The van der Waals surface area contributed by atoms with Gasteiger partial charge in [-0.15, -0.1) is 23.5 Å². The minimum atomic E-state index is 0.515. The Bertz CT molecular complexity index is 441. The van der Waals surface area contributed by atoms with Crippen molar-refractivity contribution in [3.05, 3.63) is 59.6 Å². The highest BCUT2D eigenvalue weighted by molar-refractivity contribution is 8.03. The number of rotatable bonds is 8. The highest BCUT2D eigenvalue weighted by Crippen LogP contribution is 2.25. The molecule has 0 nitrogen and oxygen atoms in total. The summed E-state index contributed by atoms with van der Waals surface area (Å²) in [5.74, 6) is 3.67. The van der Waals surface area contributed by atoms with Crippen molar-refractivity contribution in [2.75, 3.05) is 11.5 Å². The number of allylic oxidation sites excluding steroid dienone is 7. The minimum Gasteiger partial charge on any atom is -0.150 e. The highest BCUT2D eigenvalue weighted by atomic mass is 32.2. The topological polar surface area (TPSA) is 0 Å². The summed E-state index contributed by atoms with van der Waals surface area (Å²) in [6.45, 7) is 8.88. The molecule has 0 saturated carbocycles. The summed E-state index contributed by atoms with van der Waals surface area (Å²) in [6.07, 6.45) is 21.3. The van der Waals surface area contributed by atoms with E-state index in [2.05, 4.69) is 94.1 Å². The van der Waals surface area contributed by atoms with Gasteiger partial charge >= 0.3 is 0 Å². The summed E-state index contributed by atoms with van der Waals surface area (Å²) in [6, 6.07) is 0. The number of hydrogen-bond donors (Lipinski definition) is 0. The maximum atomic E-state index is 2.36. The summed E-state index contributed by atoms with van der Waals surface area (Å²) in [4.78, 5) is 1.41. The van der Waals surface area contributed by atoms with Gasteiger partial charge in [0, 0.05) is 15.9 Å². The highest BCUT2D eigenvalue weighted by Gasteiger charge is 2.08. The van der Waals surface area contributed by atoms with Gasteiger partial charge in [0.2, 0.25) is 0 Å². The Hall–Kier alpha value is -0.600. The summed E-state index contributed by atoms with van der Waals surface area (Å²) in [7, 11) is 0. The predicted molar refractivity (Wildman–Crippen MR) is 108 cm³/mol. The minimum absolute atomic E-state index is 0.515. The van der Waals surface area contributed by atoms with Gasteiger partial charge in [0.25, 0.3) is 0 Å². The first-order valence-corrected chi connectivity index (χ1v) is 10.3. The van der Waals surface area contributed by atoms with Crippen LogP contribution in [-0.4, -0.2) is 16.8 Å². The second-order valence-corrected chi connectivity index (χ2v) is 8.05. The Morgan fingerprint density at radius 3 is 2.64 bits per heavy atom. The molecule has 122 valence electrons. The van der Waals surface area contributed by atoms with E-state index in [1.165, 1.54) is 16.4 Å². The lowest BCUT2D eigenvalue weighted by Crippen LogP contribution is -2.06. The molecule has 3 unspecified atom stereocenters. The van der Waals surface area contributed by atoms with Crippen molar-refractivity contribution in [3.63, 3.8) is 0 Å². The van der Waals surface area contributed by atoms with E-state index in [-0.39, 0.29) is 0 Å². The molecule has 0 aliphatic heterocycles. The zero-order valence-electron chi connectivity index (χ0n) is 14.4. The molecule has 2 heteroatoms. The van der Waals surface area contributed by atoms with Crippen molar-refractivity contribution in [1.82, 2.24) is 0 Å². The van der Waals surface area contributed by atoms with Gasteiger partial charge in [0.1, 0.15) is 0 Å². The summed E-state index contributed by atoms with van der Waals surface area (Å²) in [5, 5.41) is 0.515. The van der Waals surface area contributed by atoms with Gasteiger partial charge in [-0.1, -0.05) is 75.5 Å². The molecule has 0 fully saturated rings. The first-order valence-electron chi connectivity index (χ1n) is 8.26. The third kappa shape index (κ3) is 8.75. The van der Waals surface area contributed by atoms with Gasteiger partial charge in [-0.25, -0.2) is 0 Å². The lowest BCUT2D eigenvalue weighted by molar-refractivity contribution is 0.764. The summed E-state index contributed by atoms with van der Waals surface area (Å²) in [5.41, 5.74) is 0. The Balaban J connectivity index is 2.37. The number of thioether (sulfide) groups is 2. The lowest BCUT2D eigenvalue weighted by Gasteiger charge is -2.15. The zero-order valence-corrected chi connectivity index (χ0v) is 16.0. The molecule has 0 aromatic carbocycles. The molecule has 0 aromatic heterocycles. The predicted octanol–water partition coefficient (Wildman–Crippen LogP) is 6.65. The van der Waals surface area contributed by atoms with E-state index in [9.17, 15) is 0 Å². The molecule has 0 heterocycles. The third-order valence-electron chi connectivity index (χ3n) is 3.27. The molecule has 0 aromatic rings. The van der Waals surface area contributed by atoms with Crippen LogP contribution in [0.2, 0.25) is 0 Å². The smallest absolute Gasteiger partial charge is 0.0410 e. The Kier molecular flexibility index (Phi) is 10.5. The normalized spacial score (nSPS) is 26.6. The van der Waals surface area contributed by atoms with Crippen molar-refractivity contribution >= 4 is 23.5 Å². The van der Waals surface area contributed by atoms with Gasteiger partial charge < -0.3 is 0 Å². The van der Waals surface area contributed by atoms with Gasteiger partial charge in [-0.05, 0) is 30.9 Å². The van der Waals surface area contributed by atoms with Crippen LogP contribution in [0.4, 0.5) is 0 Å². The van der Waals surface area contributed by atoms with Gasteiger partial charge in [0.05, 0.1) is 0 Å². The maximum absolute atomic E-state index is 2.36. The van der Waals surface area contributed by atoms with E-state index in [1.807, 2.05) is 11.8 Å². The fraction of sp³-hybridized carbons (Fsp3) is 0.500. The van der Waals surface area contributed by atoms with Crippen LogP contribution in [0.5, 0.6) is 0 Å². The summed E-state index contributed by atoms with van der Waals surface area (Å²) >= 11 is 4.04. The molecular formula is C20H30S2. The zero-order chi connectivity index (χ0) is 16.2. The fourth-order valence-electron chi connectivity index (χ4n) is 2.04. The Morgan fingerprint density at radius 1 is 1.14 bits per heavy atom. The van der Waals surface area contributed by atoms with Crippen molar-refractivity contribution in [2.45, 2.75) is 39.4 Å². The molecule has 3 atom stereocenters. The molecular weight excluding hydrogens is 304 g/mol. The number of hydrogen-bond acceptors (Lipinski definition) is 2. The average molecular weight is 335 g/mol. The van der Waals surface area contributed by atoms with E-state index in [4.69, 9.17) is 0 Å². The second kappa shape index (κ2) is 11.9. The van der Waals surface area contributed by atoms with Crippen molar-refractivity contribution in [3.8, 4) is 0 Å². The van der Waals surface area contributed by atoms with E-state index < -0.39 is 0 Å². The molecule has 0 bridgehead atoms. The van der Waals surface area contributed by atoms with Crippen LogP contribution >= 0.6 is 23.5 Å².